The van der Waals surface area contributed by atoms with E-state index in [-0.39, 0.29) is 11.2 Å². The van der Waals surface area contributed by atoms with Gasteiger partial charge < -0.3 is 14.2 Å². The molecule has 0 saturated heterocycles. The Hall–Kier alpha value is 0.160. The largest absolute Gasteiger partial charge is 0.438 e. The highest BCUT2D eigenvalue weighted by Gasteiger charge is 2.26. The summed E-state index contributed by atoms with van der Waals surface area (Å²) in [6, 6.07) is 0. The highest BCUT2D eigenvalue weighted by molar-refractivity contribution is 8.89. The fourth-order valence-electron chi connectivity index (χ4n) is 0.785. The van der Waals surface area contributed by atoms with Crippen molar-refractivity contribution < 1.29 is 18.6 Å². The van der Waals surface area contributed by atoms with Gasteiger partial charge in [0.25, 0.3) is 0 Å². The molecule has 8 heteroatoms. The van der Waals surface area contributed by atoms with Crippen LogP contribution >= 0.6 is 28.5 Å². The number of rotatable bonds is 7. The second kappa shape index (κ2) is 8.29. The summed E-state index contributed by atoms with van der Waals surface area (Å²) in [5.41, 5.74) is 0. The zero-order chi connectivity index (χ0) is 13.5. The van der Waals surface area contributed by atoms with Crippen molar-refractivity contribution in [2.45, 2.75) is 26.0 Å². The first-order chi connectivity index (χ1) is 7.80. The third-order valence-electron chi connectivity index (χ3n) is 1.39. The Morgan fingerprint density at radius 1 is 1.41 bits per heavy atom. The van der Waals surface area contributed by atoms with Crippen LogP contribution in [0, 0.1) is 0 Å². The molecule has 102 valence electrons. The Morgan fingerprint density at radius 3 is 2.41 bits per heavy atom. The molecule has 0 aromatic carbocycles. The second-order valence-corrected chi connectivity index (χ2v) is 11.4. The van der Waals surface area contributed by atoms with Crippen LogP contribution in [-0.2, 0) is 13.8 Å². The number of ether oxygens (including phenoxy) is 1. The summed E-state index contributed by atoms with van der Waals surface area (Å²) in [5.74, 6) is -2.79. The smallest absolute Gasteiger partial charge is 0.410 e. The van der Waals surface area contributed by atoms with Gasteiger partial charge in [0, 0.05) is 19.3 Å². The monoisotopic (exact) mass is 301 g/mol. The van der Waals surface area contributed by atoms with E-state index >= 15 is 0 Å². The van der Waals surface area contributed by atoms with E-state index in [1.807, 2.05) is 13.8 Å². The number of carbonyl (C=O) groups excluding carboxylic acids is 1. The lowest BCUT2D eigenvalue weighted by Crippen LogP contribution is -2.22. The summed E-state index contributed by atoms with van der Waals surface area (Å²) in [4.78, 5) is 12.5. The van der Waals surface area contributed by atoms with Crippen molar-refractivity contribution in [1.29, 1.82) is 0 Å². The molecule has 0 spiro atoms. The molecule has 0 heterocycles. The molecule has 0 aliphatic rings. The van der Waals surface area contributed by atoms with Crippen LogP contribution in [0.15, 0.2) is 0 Å². The van der Waals surface area contributed by atoms with Gasteiger partial charge in [-0.15, -0.1) is 0 Å². The lowest BCUT2D eigenvalue weighted by molar-refractivity contribution is 0.137. The predicted octanol–water partition coefficient (Wildman–Crippen LogP) is 3.66. The third-order valence-corrected chi connectivity index (χ3v) is 8.84. The van der Waals surface area contributed by atoms with Crippen LogP contribution in [0.1, 0.15) is 20.8 Å². The second-order valence-electron chi connectivity index (χ2n) is 3.57. The first-order valence-electron chi connectivity index (χ1n) is 5.22. The Labute approximate surface area is 111 Å². The quantitative estimate of drug-likeness (QED) is 0.528. The maximum Gasteiger partial charge on any atom is 0.410 e. The Morgan fingerprint density at radius 2 is 2.00 bits per heavy atom. The molecule has 0 aromatic rings. The molecule has 1 atom stereocenters. The van der Waals surface area contributed by atoms with E-state index in [2.05, 4.69) is 0 Å². The fourth-order valence-corrected chi connectivity index (χ4v) is 7.90. The molecule has 17 heavy (non-hydrogen) atoms. The molecule has 5 nitrogen and oxygen atoms in total. The Bertz CT molecular complexity index is 286. The van der Waals surface area contributed by atoms with Crippen LogP contribution in [0.4, 0.5) is 4.79 Å². The summed E-state index contributed by atoms with van der Waals surface area (Å²) in [5, 5.41) is 0.199. The van der Waals surface area contributed by atoms with E-state index in [1.54, 1.807) is 21.0 Å². The standard InChI is InChI=1S/C9H20NO4PS2/c1-6-14-15(12,17-8(2)3)16-7-13-9(11)10(4)5/h8H,6-7H2,1-5H3. The minimum atomic E-state index is -2.82. The number of hydrogen-bond acceptors (Lipinski definition) is 6. The molecule has 1 amide bonds. The van der Waals surface area contributed by atoms with Gasteiger partial charge in [0.15, 0.2) is 0 Å². The zero-order valence-corrected chi connectivity index (χ0v) is 13.4. The molecule has 0 aromatic heterocycles. The summed E-state index contributed by atoms with van der Waals surface area (Å²) >= 11 is 2.33. The number of amides is 1. The van der Waals surface area contributed by atoms with Crippen molar-refractivity contribution in [1.82, 2.24) is 4.90 Å². The molecule has 0 saturated carbocycles. The Balaban J connectivity index is 4.18. The summed E-state index contributed by atoms with van der Waals surface area (Å²) in [7, 11) is 3.19. The third kappa shape index (κ3) is 7.97. The molecule has 0 bridgehead atoms. The van der Waals surface area contributed by atoms with Gasteiger partial charge in [-0.3, -0.25) is 4.57 Å². The Kier molecular flexibility index (Phi) is 8.37. The molecule has 0 aliphatic carbocycles. The maximum absolute atomic E-state index is 12.3. The summed E-state index contributed by atoms with van der Waals surface area (Å²) in [6.07, 6.45) is -0.449. The summed E-state index contributed by atoms with van der Waals surface area (Å²) in [6.45, 7) is 6.07. The van der Waals surface area contributed by atoms with Gasteiger partial charge in [0.2, 0.25) is 0 Å². The molecule has 0 fully saturated rings. The maximum atomic E-state index is 12.3. The van der Waals surface area contributed by atoms with Gasteiger partial charge in [0.1, 0.15) is 5.94 Å². The molecule has 0 aliphatic heterocycles. The zero-order valence-electron chi connectivity index (χ0n) is 10.8. The number of nitrogens with zero attached hydrogens (tertiary/aromatic N) is 1. The van der Waals surface area contributed by atoms with E-state index in [9.17, 15) is 9.36 Å². The summed E-state index contributed by atoms with van der Waals surface area (Å²) < 4.78 is 22.4. The molecule has 0 rings (SSSR count). The first-order valence-corrected chi connectivity index (χ1v) is 9.92. The van der Waals surface area contributed by atoms with Crippen LogP contribution < -0.4 is 0 Å². The molecule has 0 radical (unpaired) electrons. The van der Waals surface area contributed by atoms with Gasteiger partial charge >= 0.3 is 11.9 Å². The van der Waals surface area contributed by atoms with Crippen molar-refractivity contribution >= 4 is 34.6 Å². The van der Waals surface area contributed by atoms with Gasteiger partial charge in [-0.2, -0.15) is 0 Å². The van der Waals surface area contributed by atoms with E-state index in [0.29, 0.717) is 6.61 Å². The first kappa shape index (κ1) is 17.2. The minimum Gasteiger partial charge on any atom is -0.438 e. The lowest BCUT2D eigenvalue weighted by atomic mass is 10.6. The van der Waals surface area contributed by atoms with Crippen LogP contribution in [0.5, 0.6) is 0 Å². The average molecular weight is 301 g/mol. The van der Waals surface area contributed by atoms with Gasteiger partial charge in [-0.1, -0.05) is 25.2 Å². The normalized spacial score (nSPS) is 14.5. The van der Waals surface area contributed by atoms with Crippen molar-refractivity contribution in [3.8, 4) is 0 Å². The van der Waals surface area contributed by atoms with E-state index in [0.717, 1.165) is 11.4 Å². The van der Waals surface area contributed by atoms with Gasteiger partial charge in [-0.05, 0) is 18.3 Å². The highest BCUT2D eigenvalue weighted by Crippen LogP contribution is 2.70. The average Bonchev–Trinajstić information content (AvgIpc) is 2.15. The topological polar surface area (TPSA) is 55.8 Å². The van der Waals surface area contributed by atoms with Crippen molar-refractivity contribution in [2.24, 2.45) is 0 Å². The van der Waals surface area contributed by atoms with E-state index in [1.165, 1.54) is 16.3 Å². The van der Waals surface area contributed by atoms with Gasteiger partial charge in [0.05, 0.1) is 6.61 Å². The minimum absolute atomic E-state index is 0.0357. The predicted molar refractivity (Wildman–Crippen MR) is 74.6 cm³/mol. The SMILES string of the molecule is CCOP(=O)(SCOC(=O)N(C)C)SC(C)C. The highest BCUT2D eigenvalue weighted by atomic mass is 33.1. The van der Waals surface area contributed by atoms with Crippen molar-refractivity contribution in [3.63, 3.8) is 0 Å². The van der Waals surface area contributed by atoms with Crippen molar-refractivity contribution in [2.75, 3.05) is 26.6 Å². The van der Waals surface area contributed by atoms with Crippen LogP contribution in [0.2, 0.25) is 0 Å². The van der Waals surface area contributed by atoms with E-state index < -0.39 is 11.9 Å². The van der Waals surface area contributed by atoms with Crippen LogP contribution in [0.25, 0.3) is 0 Å². The fraction of sp³-hybridized carbons (Fsp3) is 0.889. The lowest BCUT2D eigenvalue weighted by Gasteiger charge is -2.18. The van der Waals surface area contributed by atoms with Gasteiger partial charge in [-0.25, -0.2) is 4.79 Å². The molecule has 1 unspecified atom stereocenters. The molecular formula is C9H20NO4PS2. The molecular weight excluding hydrogens is 281 g/mol. The van der Waals surface area contributed by atoms with Crippen molar-refractivity contribution in [3.05, 3.63) is 0 Å². The number of carbonyl (C=O) groups is 1. The molecule has 0 N–H and O–H groups in total. The number of hydrogen-bond donors (Lipinski definition) is 0. The van der Waals surface area contributed by atoms with Crippen LogP contribution in [0.3, 0.4) is 0 Å². The van der Waals surface area contributed by atoms with E-state index in [4.69, 9.17) is 9.26 Å². The van der Waals surface area contributed by atoms with Crippen LogP contribution in [-0.4, -0.2) is 42.9 Å².